The van der Waals surface area contributed by atoms with Gasteiger partial charge >= 0.3 is 5.97 Å². The van der Waals surface area contributed by atoms with Gasteiger partial charge in [-0.1, -0.05) is 26.0 Å². The van der Waals surface area contributed by atoms with Crippen LogP contribution in [0.15, 0.2) is 42.7 Å². The van der Waals surface area contributed by atoms with Crippen molar-refractivity contribution >= 4 is 5.97 Å². The molecule has 0 amide bonds. The van der Waals surface area contributed by atoms with E-state index in [1.165, 1.54) is 19.4 Å². The van der Waals surface area contributed by atoms with Gasteiger partial charge in [0, 0.05) is 11.6 Å². The van der Waals surface area contributed by atoms with Gasteiger partial charge in [-0.15, -0.1) is 0 Å². The van der Waals surface area contributed by atoms with Gasteiger partial charge in [0.05, 0.1) is 32.5 Å². The Bertz CT molecular complexity index is 1220. The smallest absolute Gasteiger partial charge is 0.303 e. The molecule has 2 aromatic heterocycles. The van der Waals surface area contributed by atoms with Crippen LogP contribution in [-0.2, 0) is 11.4 Å². The SMILES string of the molecule is COc1cc(-c2ncc(COc3cccc([C@@H](CC(=O)O)C4CC4)c3)nc2OCC(C)C)c(F)cn1. The van der Waals surface area contributed by atoms with Crippen molar-refractivity contribution in [2.75, 3.05) is 13.7 Å². The summed E-state index contributed by atoms with van der Waals surface area (Å²) in [5.41, 5.74) is 1.90. The van der Waals surface area contributed by atoms with Crippen molar-refractivity contribution < 1.29 is 28.5 Å². The molecule has 8 nitrogen and oxygen atoms in total. The van der Waals surface area contributed by atoms with E-state index in [1.807, 2.05) is 38.1 Å². The molecule has 0 aliphatic heterocycles. The maximum absolute atomic E-state index is 14.6. The Hall–Kier alpha value is -3.75. The third-order valence-electron chi connectivity index (χ3n) is 5.90. The molecule has 0 bridgehead atoms. The third kappa shape index (κ3) is 6.47. The van der Waals surface area contributed by atoms with Crippen molar-refractivity contribution in [2.45, 2.75) is 45.6 Å². The van der Waals surface area contributed by atoms with Gasteiger partial charge in [0.1, 0.15) is 23.7 Å². The first kappa shape index (κ1) is 25.3. The summed E-state index contributed by atoms with van der Waals surface area (Å²) >= 11 is 0. The predicted octanol–water partition coefficient (Wildman–Crippen LogP) is 5.27. The molecule has 0 spiro atoms. The lowest BCUT2D eigenvalue weighted by Crippen LogP contribution is -2.10. The van der Waals surface area contributed by atoms with Gasteiger partial charge < -0.3 is 19.3 Å². The minimum absolute atomic E-state index is 0.0200. The van der Waals surface area contributed by atoms with Gasteiger partial charge in [0.25, 0.3) is 0 Å². The number of carbonyl (C=O) groups is 1. The first-order valence-electron chi connectivity index (χ1n) is 12.0. The van der Waals surface area contributed by atoms with E-state index in [0.717, 1.165) is 24.6 Å². The molecule has 1 aliphatic rings. The summed E-state index contributed by atoms with van der Waals surface area (Å²) in [6, 6.07) is 8.99. The van der Waals surface area contributed by atoms with Crippen molar-refractivity contribution in [3.63, 3.8) is 0 Å². The normalized spacial score (nSPS) is 13.9. The number of ether oxygens (including phenoxy) is 3. The number of nitrogens with zero attached hydrogens (tertiary/aromatic N) is 3. The summed E-state index contributed by atoms with van der Waals surface area (Å²) < 4.78 is 31.6. The molecule has 1 aliphatic carbocycles. The van der Waals surface area contributed by atoms with Crippen LogP contribution >= 0.6 is 0 Å². The number of aromatic nitrogens is 3. The maximum Gasteiger partial charge on any atom is 0.303 e. The summed E-state index contributed by atoms with van der Waals surface area (Å²) in [5.74, 6) is 0.311. The Balaban J connectivity index is 1.55. The zero-order chi connectivity index (χ0) is 25.7. The highest BCUT2D eigenvalue weighted by Crippen LogP contribution is 2.45. The highest BCUT2D eigenvalue weighted by atomic mass is 19.1. The molecular weight excluding hydrogens is 465 g/mol. The van der Waals surface area contributed by atoms with Crippen LogP contribution in [-0.4, -0.2) is 39.7 Å². The minimum atomic E-state index is -0.800. The molecule has 1 fully saturated rings. The highest BCUT2D eigenvalue weighted by Gasteiger charge is 2.33. The topological polar surface area (TPSA) is 104 Å². The summed E-state index contributed by atoms with van der Waals surface area (Å²) in [6.07, 6.45) is 4.80. The second-order valence-corrected chi connectivity index (χ2v) is 9.33. The minimum Gasteiger partial charge on any atom is -0.487 e. The molecule has 1 aromatic carbocycles. The van der Waals surface area contributed by atoms with Crippen LogP contribution in [0.3, 0.4) is 0 Å². The summed E-state index contributed by atoms with van der Waals surface area (Å²) in [6.45, 7) is 4.50. The Morgan fingerprint density at radius 1 is 1.17 bits per heavy atom. The lowest BCUT2D eigenvalue weighted by molar-refractivity contribution is -0.137. The standard InChI is InChI=1S/C27H30FN3O5/c1-16(2)14-36-27-26(22-10-24(34-3)29-13-23(22)28)30-12-19(31-27)15-35-20-6-4-5-18(9-20)21(11-25(32)33)17-7-8-17/h4-6,9-10,12-13,16-17,21H,7-8,11,14-15H2,1-3H3,(H,32,33)/t21-/m0/s1. The Morgan fingerprint density at radius 3 is 2.67 bits per heavy atom. The molecule has 36 heavy (non-hydrogen) atoms. The number of rotatable bonds is 12. The highest BCUT2D eigenvalue weighted by molar-refractivity contribution is 5.68. The van der Waals surface area contributed by atoms with Crippen LogP contribution in [0.25, 0.3) is 11.3 Å². The Kier molecular flexibility index (Phi) is 7.97. The Morgan fingerprint density at radius 2 is 1.97 bits per heavy atom. The van der Waals surface area contributed by atoms with Crippen LogP contribution in [0.1, 0.15) is 50.3 Å². The van der Waals surface area contributed by atoms with Gasteiger partial charge in [0.15, 0.2) is 5.82 Å². The molecule has 0 unspecified atom stereocenters. The fraction of sp³-hybridized carbons (Fsp3) is 0.407. The molecule has 3 aromatic rings. The number of carboxylic acids is 1. The van der Waals surface area contributed by atoms with Crippen molar-refractivity contribution in [2.24, 2.45) is 11.8 Å². The number of methoxy groups -OCH3 is 1. The van der Waals surface area contributed by atoms with Crippen molar-refractivity contribution in [1.29, 1.82) is 0 Å². The van der Waals surface area contributed by atoms with Crippen LogP contribution < -0.4 is 14.2 Å². The van der Waals surface area contributed by atoms with Crippen molar-refractivity contribution in [3.8, 4) is 28.8 Å². The van der Waals surface area contributed by atoms with Gasteiger partial charge in [-0.2, -0.15) is 0 Å². The van der Waals surface area contributed by atoms with Gasteiger partial charge in [0.2, 0.25) is 11.8 Å². The van der Waals surface area contributed by atoms with E-state index in [0.29, 0.717) is 24.0 Å². The largest absolute Gasteiger partial charge is 0.487 e. The average molecular weight is 496 g/mol. The van der Waals surface area contributed by atoms with Crippen LogP contribution in [0.2, 0.25) is 0 Å². The molecule has 1 N–H and O–H groups in total. The number of aliphatic carboxylic acids is 1. The number of pyridine rings is 1. The Labute approximate surface area is 209 Å². The molecule has 190 valence electrons. The molecule has 4 rings (SSSR count). The fourth-order valence-electron chi connectivity index (χ4n) is 3.96. The van der Waals surface area contributed by atoms with E-state index in [9.17, 15) is 14.3 Å². The molecule has 1 atom stereocenters. The number of hydrogen-bond acceptors (Lipinski definition) is 7. The van der Waals surface area contributed by atoms with E-state index >= 15 is 0 Å². The van der Waals surface area contributed by atoms with Crippen molar-refractivity contribution in [1.82, 2.24) is 15.0 Å². The number of hydrogen-bond donors (Lipinski definition) is 1. The maximum atomic E-state index is 14.6. The molecular formula is C27H30FN3O5. The van der Waals surface area contributed by atoms with E-state index < -0.39 is 11.8 Å². The van der Waals surface area contributed by atoms with Gasteiger partial charge in [-0.3, -0.25) is 4.79 Å². The molecule has 1 saturated carbocycles. The molecule has 0 saturated heterocycles. The van der Waals surface area contributed by atoms with Crippen LogP contribution in [0.4, 0.5) is 4.39 Å². The summed E-state index contributed by atoms with van der Waals surface area (Å²) in [7, 11) is 1.45. The second kappa shape index (κ2) is 11.3. The van der Waals surface area contributed by atoms with E-state index in [2.05, 4.69) is 15.0 Å². The van der Waals surface area contributed by atoms with E-state index in [4.69, 9.17) is 14.2 Å². The zero-order valence-electron chi connectivity index (χ0n) is 20.6. The van der Waals surface area contributed by atoms with Crippen LogP contribution in [0.5, 0.6) is 17.5 Å². The van der Waals surface area contributed by atoms with Gasteiger partial charge in [-0.05, 0) is 48.3 Å². The number of benzene rings is 1. The predicted molar refractivity (Wildman–Crippen MR) is 131 cm³/mol. The first-order chi connectivity index (χ1) is 17.3. The number of carboxylic acid groups (broad SMARTS) is 1. The third-order valence-corrected chi connectivity index (χ3v) is 5.90. The van der Waals surface area contributed by atoms with Gasteiger partial charge in [-0.25, -0.2) is 19.3 Å². The van der Waals surface area contributed by atoms with Crippen molar-refractivity contribution in [3.05, 3.63) is 59.8 Å². The molecule has 0 radical (unpaired) electrons. The lowest BCUT2D eigenvalue weighted by atomic mass is 9.91. The second-order valence-electron chi connectivity index (χ2n) is 9.33. The van der Waals surface area contributed by atoms with Crippen LogP contribution in [0, 0.1) is 17.7 Å². The molecule has 2 heterocycles. The zero-order valence-corrected chi connectivity index (χ0v) is 20.6. The first-order valence-corrected chi connectivity index (χ1v) is 12.0. The monoisotopic (exact) mass is 495 g/mol. The summed E-state index contributed by atoms with van der Waals surface area (Å²) in [4.78, 5) is 24.2. The summed E-state index contributed by atoms with van der Waals surface area (Å²) in [5, 5.41) is 9.31. The number of halogens is 1. The van der Waals surface area contributed by atoms with E-state index in [-0.39, 0.29) is 47.9 Å². The molecule has 9 heteroatoms. The lowest BCUT2D eigenvalue weighted by Gasteiger charge is -2.16. The average Bonchev–Trinajstić information content (AvgIpc) is 3.71. The van der Waals surface area contributed by atoms with E-state index in [1.54, 1.807) is 0 Å². The quantitative estimate of drug-likeness (QED) is 0.363. The fourth-order valence-corrected chi connectivity index (χ4v) is 3.96.